The van der Waals surface area contributed by atoms with E-state index in [2.05, 4.69) is 15.1 Å². The molecule has 2 aromatic heterocycles. The molecule has 0 saturated heterocycles. The first-order chi connectivity index (χ1) is 15.9. The van der Waals surface area contributed by atoms with Crippen molar-refractivity contribution < 1.29 is 13.6 Å². The Hall–Kier alpha value is -4.09. The van der Waals surface area contributed by atoms with Crippen LogP contribution in [0.3, 0.4) is 0 Å². The largest absolute Gasteiger partial charge is 0.755 e. The number of nitrogens with zero attached hydrogens (tertiary/aromatic N) is 5. The molecule has 0 saturated carbocycles. The number of benzene rings is 2. The third-order valence-corrected chi connectivity index (χ3v) is 5.65. The summed E-state index contributed by atoms with van der Waals surface area (Å²) in [6, 6.07) is 16.0. The number of primary amides is 1. The fraction of sp³-hybridized carbons (Fsp3) is 0.0909. The van der Waals surface area contributed by atoms with Gasteiger partial charge < -0.3 is 20.3 Å². The quantitative estimate of drug-likeness (QED) is 0.379. The molecule has 168 valence electrons. The van der Waals surface area contributed by atoms with E-state index in [4.69, 9.17) is 11.5 Å². The first-order valence-corrected chi connectivity index (χ1v) is 10.9. The van der Waals surface area contributed by atoms with Crippen molar-refractivity contribution >= 4 is 40.1 Å². The Kier molecular flexibility index (Phi) is 6.43. The van der Waals surface area contributed by atoms with E-state index in [1.54, 1.807) is 35.0 Å². The smallest absolute Gasteiger partial charge is 0.248 e. The minimum atomic E-state index is -2.47. The predicted molar refractivity (Wildman–Crippen MR) is 125 cm³/mol. The molecule has 0 spiro atoms. The summed E-state index contributed by atoms with van der Waals surface area (Å²) in [5.74, 6) is -0.289. The molecule has 1 amide bonds. The summed E-state index contributed by atoms with van der Waals surface area (Å²) in [5.41, 5.74) is 14.3. The molecule has 1 atom stereocenters. The van der Waals surface area contributed by atoms with Crippen LogP contribution in [0.5, 0.6) is 0 Å². The SMILES string of the molecule is NC(=O)c1ccc(-c2nn(CCN(C=Cc3ccccc3)S(=O)[O-])c3ncnc(N)c23)cc1. The molecule has 0 bridgehead atoms. The van der Waals surface area contributed by atoms with Gasteiger partial charge >= 0.3 is 0 Å². The van der Waals surface area contributed by atoms with Crippen molar-refractivity contribution in [2.45, 2.75) is 6.54 Å². The summed E-state index contributed by atoms with van der Waals surface area (Å²) >= 11 is -2.47. The van der Waals surface area contributed by atoms with Gasteiger partial charge in [-0.15, -0.1) is 0 Å². The number of amides is 1. The van der Waals surface area contributed by atoms with Gasteiger partial charge in [-0.3, -0.25) is 9.00 Å². The molecule has 4 N–H and O–H groups in total. The Balaban J connectivity index is 1.64. The van der Waals surface area contributed by atoms with Crippen LogP contribution in [-0.4, -0.2) is 45.3 Å². The van der Waals surface area contributed by atoms with E-state index < -0.39 is 17.2 Å². The lowest BCUT2D eigenvalue weighted by Gasteiger charge is -2.22. The highest BCUT2D eigenvalue weighted by Gasteiger charge is 2.17. The number of carbonyl (C=O) groups excluding carboxylic acids is 1. The molecular weight excluding hydrogens is 442 g/mol. The Morgan fingerprint density at radius 1 is 1.12 bits per heavy atom. The van der Waals surface area contributed by atoms with Gasteiger partial charge in [0.1, 0.15) is 17.8 Å². The van der Waals surface area contributed by atoms with Gasteiger partial charge in [-0.1, -0.05) is 42.5 Å². The molecule has 11 heteroatoms. The van der Waals surface area contributed by atoms with Crippen molar-refractivity contribution in [2.75, 3.05) is 12.3 Å². The van der Waals surface area contributed by atoms with Gasteiger partial charge in [0.25, 0.3) is 0 Å². The second-order valence-corrected chi connectivity index (χ2v) is 7.96. The molecule has 33 heavy (non-hydrogen) atoms. The summed E-state index contributed by atoms with van der Waals surface area (Å²) in [7, 11) is 0. The molecule has 4 rings (SSSR count). The summed E-state index contributed by atoms with van der Waals surface area (Å²) in [6.45, 7) is 0.347. The number of fused-ring (bicyclic) bond motifs is 1. The minimum absolute atomic E-state index is 0.125. The van der Waals surface area contributed by atoms with Gasteiger partial charge in [0.05, 0.1) is 11.9 Å². The summed E-state index contributed by atoms with van der Waals surface area (Å²) in [6.07, 6.45) is 4.54. The Morgan fingerprint density at radius 2 is 1.85 bits per heavy atom. The van der Waals surface area contributed by atoms with E-state index in [0.717, 1.165) is 5.56 Å². The van der Waals surface area contributed by atoms with Crippen molar-refractivity contribution in [3.8, 4) is 11.3 Å². The lowest BCUT2D eigenvalue weighted by Crippen LogP contribution is -2.24. The van der Waals surface area contributed by atoms with E-state index in [1.807, 2.05) is 30.3 Å². The second-order valence-electron chi connectivity index (χ2n) is 7.06. The number of rotatable bonds is 8. The third kappa shape index (κ3) is 4.89. The van der Waals surface area contributed by atoms with Gasteiger partial charge in [-0.05, 0) is 23.8 Å². The molecule has 0 aliphatic heterocycles. The number of hydrogen-bond donors (Lipinski definition) is 2. The summed E-state index contributed by atoms with van der Waals surface area (Å²) < 4.78 is 26.2. The van der Waals surface area contributed by atoms with E-state index in [1.165, 1.54) is 16.8 Å². The third-order valence-electron chi connectivity index (χ3n) is 4.96. The maximum Gasteiger partial charge on any atom is 0.248 e. The maximum absolute atomic E-state index is 11.7. The van der Waals surface area contributed by atoms with Crippen LogP contribution in [0.1, 0.15) is 15.9 Å². The number of hydrogen-bond acceptors (Lipinski definition) is 7. The van der Waals surface area contributed by atoms with Crippen molar-refractivity contribution in [1.82, 2.24) is 24.1 Å². The molecule has 2 heterocycles. The number of anilines is 1. The van der Waals surface area contributed by atoms with Crippen LogP contribution in [0.25, 0.3) is 28.4 Å². The van der Waals surface area contributed by atoms with E-state index in [9.17, 15) is 13.6 Å². The highest BCUT2D eigenvalue weighted by atomic mass is 32.2. The lowest BCUT2D eigenvalue weighted by atomic mass is 10.1. The van der Waals surface area contributed by atoms with Crippen LogP contribution in [0, 0.1) is 0 Å². The fourth-order valence-corrected chi connectivity index (χ4v) is 3.70. The topological polar surface area (TPSA) is 156 Å². The van der Waals surface area contributed by atoms with Crippen LogP contribution in [-0.2, 0) is 17.8 Å². The van der Waals surface area contributed by atoms with Crippen LogP contribution < -0.4 is 11.5 Å². The van der Waals surface area contributed by atoms with Gasteiger partial charge in [0, 0.05) is 35.1 Å². The van der Waals surface area contributed by atoms with Gasteiger partial charge in [0.15, 0.2) is 5.65 Å². The number of nitrogen functional groups attached to an aromatic ring is 1. The van der Waals surface area contributed by atoms with Gasteiger partial charge in [-0.25, -0.2) is 14.6 Å². The fourth-order valence-electron chi connectivity index (χ4n) is 3.31. The molecule has 2 aromatic carbocycles. The lowest BCUT2D eigenvalue weighted by molar-refractivity contribution is 0.100. The summed E-state index contributed by atoms with van der Waals surface area (Å²) in [4.78, 5) is 19.7. The Labute approximate surface area is 192 Å². The van der Waals surface area contributed by atoms with Crippen molar-refractivity contribution in [3.05, 3.63) is 78.3 Å². The molecule has 4 aromatic rings. The number of carbonyl (C=O) groups is 1. The number of aromatic nitrogens is 4. The molecular formula is C22H20N7O3S-. The molecule has 0 aliphatic carbocycles. The predicted octanol–water partition coefficient (Wildman–Crippen LogP) is 1.94. The second kappa shape index (κ2) is 9.59. The maximum atomic E-state index is 11.7. The highest BCUT2D eigenvalue weighted by Crippen LogP contribution is 2.30. The average Bonchev–Trinajstić information content (AvgIpc) is 3.19. The van der Waals surface area contributed by atoms with Crippen LogP contribution in [0.4, 0.5) is 5.82 Å². The van der Waals surface area contributed by atoms with Crippen LogP contribution >= 0.6 is 0 Å². The minimum Gasteiger partial charge on any atom is -0.755 e. The Bertz CT molecular complexity index is 1340. The van der Waals surface area contributed by atoms with Crippen LogP contribution in [0.2, 0.25) is 0 Å². The molecule has 0 radical (unpaired) electrons. The van der Waals surface area contributed by atoms with E-state index >= 15 is 0 Å². The highest BCUT2D eigenvalue weighted by molar-refractivity contribution is 7.76. The van der Waals surface area contributed by atoms with E-state index in [-0.39, 0.29) is 18.9 Å². The summed E-state index contributed by atoms with van der Waals surface area (Å²) in [5, 5.41) is 5.15. The van der Waals surface area contributed by atoms with Gasteiger partial charge in [-0.2, -0.15) is 5.10 Å². The first-order valence-electron chi connectivity index (χ1n) is 9.90. The van der Waals surface area contributed by atoms with Crippen molar-refractivity contribution in [1.29, 1.82) is 0 Å². The monoisotopic (exact) mass is 462 g/mol. The zero-order chi connectivity index (χ0) is 23.4. The molecule has 0 fully saturated rings. The normalized spacial score (nSPS) is 12.3. The Morgan fingerprint density at radius 3 is 2.52 bits per heavy atom. The number of nitrogens with two attached hydrogens (primary N) is 2. The molecule has 1 unspecified atom stereocenters. The first kappa shape index (κ1) is 22.1. The van der Waals surface area contributed by atoms with Crippen molar-refractivity contribution in [3.63, 3.8) is 0 Å². The van der Waals surface area contributed by atoms with Crippen LogP contribution in [0.15, 0.2) is 67.1 Å². The zero-order valence-corrected chi connectivity index (χ0v) is 18.2. The average molecular weight is 463 g/mol. The molecule has 0 aliphatic rings. The zero-order valence-electron chi connectivity index (χ0n) is 17.4. The molecule has 10 nitrogen and oxygen atoms in total. The van der Waals surface area contributed by atoms with E-state index in [0.29, 0.717) is 27.9 Å². The van der Waals surface area contributed by atoms with Crippen molar-refractivity contribution in [2.24, 2.45) is 5.73 Å². The van der Waals surface area contributed by atoms with Gasteiger partial charge in [0.2, 0.25) is 5.91 Å². The standard InChI is InChI=1S/C22H21N7O3S/c23-20-18-19(16-6-8-17(9-7-16)21(24)30)27-29(22(18)26-14-25-20)13-12-28(33(31)32)11-10-15-4-2-1-3-5-15/h1-11,14H,12-13H2,(H2,24,30)(H,31,32)(H2,23,25,26)/p-1.